The van der Waals surface area contributed by atoms with Crippen LogP contribution in [0.3, 0.4) is 0 Å². The van der Waals surface area contributed by atoms with Crippen molar-refractivity contribution in [2.75, 3.05) is 0 Å². The van der Waals surface area contributed by atoms with Crippen LogP contribution < -0.4 is 0 Å². The summed E-state index contributed by atoms with van der Waals surface area (Å²) in [6.07, 6.45) is -0.320. The quantitative estimate of drug-likeness (QED) is 0.377. The van der Waals surface area contributed by atoms with Crippen molar-refractivity contribution in [2.45, 2.75) is 77.8 Å². The lowest BCUT2D eigenvalue weighted by Crippen LogP contribution is -2.41. The van der Waals surface area contributed by atoms with Crippen LogP contribution in [0.5, 0.6) is 0 Å². The van der Waals surface area contributed by atoms with E-state index in [-0.39, 0.29) is 0 Å². The zero-order valence-corrected chi connectivity index (χ0v) is 12.1. The monoisotopic (exact) mass is 266 g/mol. The summed E-state index contributed by atoms with van der Waals surface area (Å²) in [7, 11) is 0. The first-order valence-corrected chi connectivity index (χ1v) is 6.23. The molecule has 0 spiro atoms. The molecule has 110 valence electrons. The normalized spacial score (nSPS) is 16.7. The van der Waals surface area contributed by atoms with Gasteiger partial charge >= 0.3 is 0 Å². The average molecular weight is 266 g/mol. The van der Waals surface area contributed by atoms with E-state index in [4.69, 9.17) is 9.78 Å². The molecule has 0 aromatic heterocycles. The largest absolute Gasteiger partial charge is 0.390 e. The van der Waals surface area contributed by atoms with Crippen LogP contribution in [0.2, 0.25) is 0 Å². The predicted molar refractivity (Wildman–Crippen MR) is 65.1 cm³/mol. The maximum atomic E-state index is 9.63. The van der Waals surface area contributed by atoms with Crippen molar-refractivity contribution in [1.29, 1.82) is 0 Å². The highest BCUT2D eigenvalue weighted by molar-refractivity contribution is 4.76. The van der Waals surface area contributed by atoms with Gasteiger partial charge in [0.05, 0.1) is 12.2 Å². The molecule has 0 heterocycles. The van der Waals surface area contributed by atoms with Crippen molar-refractivity contribution in [3.63, 3.8) is 0 Å². The SMILES string of the molecule is CCC(O)C(C)(C)OOOOC(C)(C)C(O)CC. The lowest BCUT2D eigenvalue weighted by molar-refractivity contribution is -0.667. The second-order valence-electron chi connectivity index (χ2n) is 5.36. The summed E-state index contributed by atoms with van der Waals surface area (Å²) in [5, 5.41) is 28.2. The van der Waals surface area contributed by atoms with Crippen LogP contribution >= 0.6 is 0 Å². The van der Waals surface area contributed by atoms with Crippen LogP contribution in [0.1, 0.15) is 54.4 Å². The van der Waals surface area contributed by atoms with E-state index in [1.165, 1.54) is 0 Å². The molecule has 0 fully saturated rings. The molecule has 0 amide bonds. The topological polar surface area (TPSA) is 77.4 Å². The fourth-order valence-corrected chi connectivity index (χ4v) is 1.30. The second-order valence-corrected chi connectivity index (χ2v) is 5.36. The lowest BCUT2D eigenvalue weighted by atomic mass is 10.0. The first kappa shape index (κ1) is 17.8. The van der Waals surface area contributed by atoms with Crippen LogP contribution in [0.15, 0.2) is 0 Å². The van der Waals surface area contributed by atoms with E-state index in [1.54, 1.807) is 27.7 Å². The van der Waals surface area contributed by atoms with E-state index >= 15 is 0 Å². The molecule has 0 aliphatic heterocycles. The van der Waals surface area contributed by atoms with Gasteiger partial charge in [-0.05, 0) is 50.6 Å². The van der Waals surface area contributed by atoms with E-state index in [2.05, 4.69) is 10.1 Å². The van der Waals surface area contributed by atoms with Crippen molar-refractivity contribution < 1.29 is 30.1 Å². The summed E-state index contributed by atoms with van der Waals surface area (Å²) >= 11 is 0. The summed E-state index contributed by atoms with van der Waals surface area (Å²) in [4.78, 5) is 9.82. The van der Waals surface area contributed by atoms with Crippen molar-refractivity contribution in [2.24, 2.45) is 0 Å². The van der Waals surface area contributed by atoms with Gasteiger partial charge in [-0.25, -0.2) is 0 Å². The number of rotatable bonds is 9. The highest BCUT2D eigenvalue weighted by Crippen LogP contribution is 2.20. The molecule has 0 saturated heterocycles. The Morgan fingerprint density at radius 1 is 0.778 bits per heavy atom. The number of hydrogen-bond acceptors (Lipinski definition) is 6. The van der Waals surface area contributed by atoms with E-state index in [0.717, 1.165) is 0 Å². The van der Waals surface area contributed by atoms with Gasteiger partial charge in [0.25, 0.3) is 0 Å². The Balaban J connectivity index is 4.00. The molecular weight excluding hydrogens is 240 g/mol. The summed E-state index contributed by atoms with van der Waals surface area (Å²) in [5.74, 6) is 0. The third-order valence-electron chi connectivity index (χ3n) is 2.90. The summed E-state index contributed by atoms with van der Waals surface area (Å²) in [6, 6.07) is 0. The van der Waals surface area contributed by atoms with Gasteiger partial charge in [0.2, 0.25) is 0 Å². The van der Waals surface area contributed by atoms with Crippen molar-refractivity contribution in [3.8, 4) is 0 Å². The van der Waals surface area contributed by atoms with E-state index in [9.17, 15) is 10.2 Å². The first-order valence-electron chi connectivity index (χ1n) is 6.23. The fraction of sp³-hybridized carbons (Fsp3) is 1.00. The first-order chi connectivity index (χ1) is 8.17. The molecule has 0 aliphatic rings. The van der Waals surface area contributed by atoms with Gasteiger partial charge < -0.3 is 10.2 Å². The lowest BCUT2D eigenvalue weighted by Gasteiger charge is -2.29. The van der Waals surface area contributed by atoms with Crippen LogP contribution in [0.25, 0.3) is 0 Å². The Morgan fingerprint density at radius 2 is 1.06 bits per heavy atom. The molecule has 6 heteroatoms. The molecular formula is C12H26O6. The fourth-order valence-electron chi connectivity index (χ4n) is 1.30. The Hall–Kier alpha value is -0.240. The van der Waals surface area contributed by atoms with Crippen molar-refractivity contribution in [3.05, 3.63) is 0 Å². The Morgan fingerprint density at radius 3 is 1.28 bits per heavy atom. The third-order valence-corrected chi connectivity index (χ3v) is 2.90. The second kappa shape index (κ2) is 7.37. The number of aliphatic hydroxyl groups excluding tert-OH is 2. The molecule has 0 saturated carbocycles. The highest BCUT2D eigenvalue weighted by Gasteiger charge is 2.32. The molecule has 0 aliphatic carbocycles. The standard InChI is InChI=1S/C12H26O6/c1-7-9(13)11(3,4)15-17-18-16-12(5,6)10(14)8-2/h9-10,13-14H,7-8H2,1-6H3. The highest BCUT2D eigenvalue weighted by atomic mass is 17.7. The number of hydrogen-bond donors (Lipinski definition) is 2. The summed E-state index contributed by atoms with van der Waals surface area (Å²) < 4.78 is 0. The molecule has 0 radical (unpaired) electrons. The molecule has 0 aromatic carbocycles. The van der Waals surface area contributed by atoms with Gasteiger partial charge in [0.1, 0.15) is 11.2 Å². The van der Waals surface area contributed by atoms with Crippen LogP contribution in [0, 0.1) is 0 Å². The molecule has 6 nitrogen and oxygen atoms in total. The smallest absolute Gasteiger partial charge is 0.127 e. The molecule has 0 rings (SSSR count). The van der Waals surface area contributed by atoms with Crippen molar-refractivity contribution in [1.82, 2.24) is 0 Å². The Labute approximate surface area is 109 Å². The predicted octanol–water partition coefficient (Wildman–Crippen LogP) is 1.90. The minimum absolute atomic E-state index is 0.525. The molecule has 2 N–H and O–H groups in total. The van der Waals surface area contributed by atoms with Gasteiger partial charge in [0.15, 0.2) is 0 Å². The molecule has 0 aromatic rings. The Bertz CT molecular complexity index is 205. The van der Waals surface area contributed by atoms with Crippen LogP contribution in [-0.4, -0.2) is 33.6 Å². The van der Waals surface area contributed by atoms with Crippen molar-refractivity contribution >= 4 is 0 Å². The van der Waals surface area contributed by atoms with Gasteiger partial charge in [-0.1, -0.05) is 13.8 Å². The Kier molecular flexibility index (Phi) is 7.28. The summed E-state index contributed by atoms with van der Waals surface area (Å²) in [6.45, 7) is 10.3. The molecule has 0 bridgehead atoms. The molecule has 18 heavy (non-hydrogen) atoms. The average Bonchev–Trinajstić information content (AvgIpc) is 2.32. The minimum Gasteiger partial charge on any atom is -0.390 e. The summed E-state index contributed by atoms with van der Waals surface area (Å²) in [5.41, 5.74) is -1.82. The van der Waals surface area contributed by atoms with Crippen LogP contribution in [0.4, 0.5) is 0 Å². The number of aliphatic hydroxyl groups is 2. The maximum Gasteiger partial charge on any atom is 0.127 e. The third kappa shape index (κ3) is 5.60. The minimum atomic E-state index is -0.911. The zero-order valence-electron chi connectivity index (χ0n) is 12.1. The van der Waals surface area contributed by atoms with E-state index < -0.39 is 23.4 Å². The van der Waals surface area contributed by atoms with Crippen LogP contribution in [-0.2, 0) is 19.9 Å². The zero-order chi connectivity index (χ0) is 14.4. The van der Waals surface area contributed by atoms with E-state index in [1.807, 2.05) is 13.8 Å². The maximum absolute atomic E-state index is 9.63. The molecule has 2 unspecified atom stereocenters. The van der Waals surface area contributed by atoms with Gasteiger partial charge in [0, 0.05) is 0 Å². The van der Waals surface area contributed by atoms with Gasteiger partial charge in [-0.15, -0.1) is 0 Å². The van der Waals surface area contributed by atoms with Gasteiger partial charge in [-0.3, -0.25) is 0 Å². The van der Waals surface area contributed by atoms with Gasteiger partial charge in [-0.2, -0.15) is 9.78 Å². The molecule has 2 atom stereocenters. The van der Waals surface area contributed by atoms with E-state index in [0.29, 0.717) is 12.8 Å².